The standard InChI is InChI=1S/C17H29N2O3P/c1-6-11-22-16(20)17(4,5)19-23(18,21)12-14-7-9-15(10-8-14)13(2)3/h7-10,13H,6,11-12H2,1-5H3,(H3,18,19,21). The lowest BCUT2D eigenvalue weighted by Crippen LogP contribution is -2.47. The van der Waals surface area contributed by atoms with E-state index >= 15 is 0 Å². The summed E-state index contributed by atoms with van der Waals surface area (Å²) in [7, 11) is -3.21. The molecule has 1 rings (SSSR count). The van der Waals surface area contributed by atoms with Crippen LogP contribution < -0.4 is 10.6 Å². The highest BCUT2D eigenvalue weighted by molar-refractivity contribution is 7.58. The van der Waals surface area contributed by atoms with E-state index in [4.69, 9.17) is 10.2 Å². The number of rotatable bonds is 8. The highest BCUT2D eigenvalue weighted by Crippen LogP contribution is 2.39. The zero-order valence-corrected chi connectivity index (χ0v) is 15.7. The molecule has 3 N–H and O–H groups in total. The number of nitrogens with two attached hydrogens (primary N) is 1. The zero-order valence-electron chi connectivity index (χ0n) is 14.8. The van der Waals surface area contributed by atoms with Crippen molar-refractivity contribution < 1.29 is 14.1 Å². The maximum absolute atomic E-state index is 12.7. The first-order valence-electron chi connectivity index (χ1n) is 8.00. The first kappa shape index (κ1) is 19.9. The topological polar surface area (TPSA) is 81.4 Å². The Balaban J connectivity index is 2.74. The van der Waals surface area contributed by atoms with E-state index in [2.05, 4.69) is 18.9 Å². The Hall–Kier alpha value is -1.16. The Kier molecular flexibility index (Phi) is 7.00. The molecule has 1 aromatic carbocycles. The fourth-order valence-corrected chi connectivity index (χ4v) is 4.08. The summed E-state index contributed by atoms with van der Waals surface area (Å²) in [5.74, 6) is -0.000643. The highest BCUT2D eigenvalue weighted by atomic mass is 31.2. The molecule has 0 aliphatic carbocycles. The lowest BCUT2D eigenvalue weighted by Gasteiger charge is -2.28. The van der Waals surface area contributed by atoms with E-state index in [-0.39, 0.29) is 6.16 Å². The molecular weight excluding hydrogens is 311 g/mol. The Morgan fingerprint density at radius 1 is 1.30 bits per heavy atom. The van der Waals surface area contributed by atoms with Crippen molar-refractivity contribution in [3.8, 4) is 0 Å². The Labute approximate surface area is 139 Å². The largest absolute Gasteiger partial charge is 0.464 e. The van der Waals surface area contributed by atoms with Crippen molar-refractivity contribution in [3.05, 3.63) is 35.4 Å². The molecule has 0 spiro atoms. The van der Waals surface area contributed by atoms with Crippen LogP contribution in [0.5, 0.6) is 0 Å². The Morgan fingerprint density at radius 2 is 1.87 bits per heavy atom. The number of esters is 1. The molecule has 1 atom stereocenters. The number of carbonyl (C=O) groups excluding carboxylic acids is 1. The smallest absolute Gasteiger partial charge is 0.326 e. The van der Waals surface area contributed by atoms with Gasteiger partial charge in [0.25, 0.3) is 0 Å². The second-order valence-electron chi connectivity index (χ2n) is 6.72. The van der Waals surface area contributed by atoms with Gasteiger partial charge in [-0.25, -0.2) is 5.09 Å². The molecule has 1 unspecified atom stereocenters. The van der Waals surface area contributed by atoms with Crippen LogP contribution >= 0.6 is 7.44 Å². The Bertz CT molecular complexity index is 568. The summed E-state index contributed by atoms with van der Waals surface area (Å²) < 4.78 is 17.8. The van der Waals surface area contributed by atoms with Crippen LogP contribution in [0.15, 0.2) is 24.3 Å². The van der Waals surface area contributed by atoms with Crippen LogP contribution in [-0.2, 0) is 20.3 Å². The van der Waals surface area contributed by atoms with Gasteiger partial charge in [-0.05, 0) is 37.3 Å². The van der Waals surface area contributed by atoms with E-state index < -0.39 is 19.0 Å². The van der Waals surface area contributed by atoms with Gasteiger partial charge in [0.2, 0.25) is 7.44 Å². The van der Waals surface area contributed by atoms with Gasteiger partial charge in [0.1, 0.15) is 5.54 Å². The van der Waals surface area contributed by atoms with Crippen molar-refractivity contribution >= 4 is 13.4 Å². The molecule has 0 amide bonds. The van der Waals surface area contributed by atoms with Crippen molar-refractivity contribution in [1.29, 1.82) is 0 Å². The minimum absolute atomic E-state index is 0.190. The first-order chi connectivity index (χ1) is 10.6. The van der Waals surface area contributed by atoms with Gasteiger partial charge in [-0.1, -0.05) is 45.0 Å². The highest BCUT2D eigenvalue weighted by Gasteiger charge is 2.35. The van der Waals surface area contributed by atoms with Crippen molar-refractivity contribution in [2.45, 2.75) is 58.7 Å². The van der Waals surface area contributed by atoms with Gasteiger partial charge in [0, 0.05) is 0 Å². The third-order valence-corrected chi connectivity index (χ3v) is 5.25. The van der Waals surface area contributed by atoms with Crippen LogP contribution in [0.4, 0.5) is 0 Å². The number of nitrogens with one attached hydrogen (secondary N) is 1. The maximum Gasteiger partial charge on any atom is 0.326 e. The lowest BCUT2D eigenvalue weighted by atomic mass is 10.0. The second kappa shape index (κ2) is 8.09. The van der Waals surface area contributed by atoms with Gasteiger partial charge in [-0.2, -0.15) is 0 Å². The van der Waals surface area contributed by atoms with Crippen molar-refractivity contribution in [2.24, 2.45) is 5.50 Å². The minimum Gasteiger partial charge on any atom is -0.464 e. The van der Waals surface area contributed by atoms with Crippen LogP contribution in [-0.4, -0.2) is 18.1 Å². The summed E-state index contributed by atoms with van der Waals surface area (Å²) in [5, 5.41) is 2.79. The van der Waals surface area contributed by atoms with Crippen molar-refractivity contribution in [3.63, 3.8) is 0 Å². The fraction of sp³-hybridized carbons (Fsp3) is 0.588. The molecule has 0 bridgehead atoms. The number of ether oxygens (including phenoxy) is 1. The van der Waals surface area contributed by atoms with Crippen LogP contribution in [0.1, 0.15) is 58.1 Å². The molecule has 0 aliphatic heterocycles. The van der Waals surface area contributed by atoms with Crippen LogP contribution in [0.25, 0.3) is 0 Å². The van der Waals surface area contributed by atoms with Crippen molar-refractivity contribution in [2.75, 3.05) is 6.61 Å². The van der Waals surface area contributed by atoms with Gasteiger partial charge in [-0.3, -0.25) is 14.9 Å². The summed E-state index contributed by atoms with van der Waals surface area (Å²) in [4.78, 5) is 12.0. The molecule has 130 valence electrons. The second-order valence-corrected chi connectivity index (χ2v) is 8.85. The fourth-order valence-electron chi connectivity index (χ4n) is 2.21. The quantitative estimate of drug-likeness (QED) is 0.556. The molecule has 0 radical (unpaired) electrons. The van der Waals surface area contributed by atoms with E-state index in [1.54, 1.807) is 13.8 Å². The summed E-state index contributed by atoms with van der Waals surface area (Å²) in [6, 6.07) is 7.89. The molecule has 5 nitrogen and oxygen atoms in total. The van der Waals surface area contributed by atoms with Gasteiger partial charge in [0.15, 0.2) is 0 Å². The van der Waals surface area contributed by atoms with Gasteiger partial charge >= 0.3 is 5.97 Å². The average molecular weight is 340 g/mol. The SMILES string of the molecule is CCCOC(=O)C(C)(C)NP(N)(=O)Cc1ccc(C(C)C)cc1. The lowest BCUT2D eigenvalue weighted by molar-refractivity contribution is -0.149. The summed E-state index contributed by atoms with van der Waals surface area (Å²) in [5.41, 5.74) is 6.95. The van der Waals surface area contributed by atoms with Crippen LogP contribution in [0.3, 0.4) is 0 Å². The van der Waals surface area contributed by atoms with Crippen LogP contribution in [0.2, 0.25) is 0 Å². The number of benzene rings is 1. The molecule has 0 aliphatic rings. The van der Waals surface area contributed by atoms with Gasteiger partial charge in [-0.15, -0.1) is 0 Å². The van der Waals surface area contributed by atoms with E-state index in [9.17, 15) is 9.36 Å². The number of hydrogen-bond acceptors (Lipinski definition) is 3. The molecule has 0 saturated carbocycles. The predicted molar refractivity (Wildman–Crippen MR) is 94.5 cm³/mol. The third kappa shape index (κ3) is 6.46. The summed E-state index contributed by atoms with van der Waals surface area (Å²) >= 11 is 0. The van der Waals surface area contributed by atoms with E-state index in [0.717, 1.165) is 12.0 Å². The molecular formula is C17H29N2O3P. The number of carbonyl (C=O) groups is 1. The molecule has 1 aromatic rings. The Morgan fingerprint density at radius 3 is 2.35 bits per heavy atom. The monoisotopic (exact) mass is 340 g/mol. The van der Waals surface area contributed by atoms with Gasteiger partial charge < -0.3 is 4.74 Å². The van der Waals surface area contributed by atoms with E-state index in [0.29, 0.717) is 12.5 Å². The summed E-state index contributed by atoms with van der Waals surface area (Å²) in [6.45, 7) is 9.76. The summed E-state index contributed by atoms with van der Waals surface area (Å²) in [6.07, 6.45) is 0.931. The normalized spacial score (nSPS) is 14.6. The third-order valence-electron chi connectivity index (χ3n) is 3.48. The minimum atomic E-state index is -3.21. The van der Waals surface area contributed by atoms with Crippen molar-refractivity contribution in [1.82, 2.24) is 5.09 Å². The van der Waals surface area contributed by atoms with Crippen LogP contribution in [0, 0.1) is 0 Å². The predicted octanol–water partition coefficient (Wildman–Crippen LogP) is 3.78. The zero-order chi connectivity index (χ0) is 17.7. The molecule has 0 fully saturated rings. The first-order valence-corrected chi connectivity index (χ1v) is 9.96. The molecule has 0 heterocycles. The average Bonchev–Trinajstić information content (AvgIpc) is 2.43. The van der Waals surface area contributed by atoms with Gasteiger partial charge in [0.05, 0.1) is 12.8 Å². The molecule has 6 heteroatoms. The number of hydrogen-bond donors (Lipinski definition) is 2. The molecule has 0 saturated heterocycles. The van der Waals surface area contributed by atoms with E-state index in [1.807, 2.05) is 31.2 Å². The van der Waals surface area contributed by atoms with E-state index in [1.165, 1.54) is 5.56 Å². The molecule has 23 heavy (non-hydrogen) atoms. The maximum atomic E-state index is 12.7. The molecule has 0 aromatic heterocycles.